The van der Waals surface area contributed by atoms with Gasteiger partial charge in [0.1, 0.15) is 23.4 Å². The maximum atomic E-state index is 14.0. The number of hydrogen-bond acceptors (Lipinski definition) is 4. The fourth-order valence-corrected chi connectivity index (χ4v) is 4.40. The largest absolute Gasteiger partial charge is 0.497 e. The average molecular weight is 471 g/mol. The number of methoxy groups -OCH3 is 2. The normalized spacial score (nSPS) is 15.2. The Balaban J connectivity index is 1.54. The summed E-state index contributed by atoms with van der Waals surface area (Å²) in [6.45, 7) is 5.09. The molecule has 2 aromatic carbocycles. The molecule has 2 amide bonds. The number of aryl methyl sites for hydroxylation is 1. The van der Waals surface area contributed by atoms with E-state index >= 15 is 0 Å². The molecule has 184 valence electrons. The van der Waals surface area contributed by atoms with Gasteiger partial charge in [-0.3, -0.25) is 9.59 Å². The summed E-state index contributed by atoms with van der Waals surface area (Å²) in [4.78, 5) is 27.6. The molecule has 1 saturated heterocycles. The van der Waals surface area contributed by atoms with Crippen molar-refractivity contribution < 1.29 is 23.5 Å². The third-order valence-electron chi connectivity index (χ3n) is 6.52. The SMILES string of the molecule is COc1cc(CCC2CCN(C(=O)[C@@H](NC(=O)c3ccccc3F)C(C)C)CC2)cc(OC)c1. The van der Waals surface area contributed by atoms with Gasteiger partial charge in [0.2, 0.25) is 5.91 Å². The number of piperidine rings is 1. The fraction of sp³-hybridized carbons (Fsp3) is 0.481. The predicted molar refractivity (Wildman–Crippen MR) is 130 cm³/mol. The van der Waals surface area contributed by atoms with Crippen LogP contribution in [0.5, 0.6) is 11.5 Å². The molecule has 0 bridgehead atoms. The summed E-state index contributed by atoms with van der Waals surface area (Å²) in [5.41, 5.74) is 1.12. The predicted octanol–water partition coefficient (Wildman–Crippen LogP) is 4.47. The highest BCUT2D eigenvalue weighted by molar-refractivity contribution is 5.97. The number of halogens is 1. The van der Waals surface area contributed by atoms with E-state index in [4.69, 9.17) is 9.47 Å². The van der Waals surface area contributed by atoms with Crippen LogP contribution in [0.15, 0.2) is 42.5 Å². The zero-order chi connectivity index (χ0) is 24.7. The molecule has 1 heterocycles. The molecule has 0 radical (unpaired) electrons. The second-order valence-corrected chi connectivity index (χ2v) is 9.20. The Labute approximate surface area is 201 Å². The molecule has 1 N–H and O–H groups in total. The van der Waals surface area contributed by atoms with Crippen LogP contribution in [0.4, 0.5) is 4.39 Å². The van der Waals surface area contributed by atoms with Gasteiger partial charge < -0.3 is 19.7 Å². The summed E-state index contributed by atoms with van der Waals surface area (Å²) in [6, 6.07) is 11.1. The second-order valence-electron chi connectivity index (χ2n) is 9.20. The van der Waals surface area contributed by atoms with Gasteiger partial charge in [0.05, 0.1) is 19.8 Å². The lowest BCUT2D eigenvalue weighted by Gasteiger charge is -2.35. The number of rotatable bonds is 9. The highest BCUT2D eigenvalue weighted by Crippen LogP contribution is 2.27. The third kappa shape index (κ3) is 6.49. The second kappa shape index (κ2) is 11.9. The van der Waals surface area contributed by atoms with Crippen molar-refractivity contribution in [2.24, 2.45) is 11.8 Å². The van der Waals surface area contributed by atoms with E-state index in [1.807, 2.05) is 36.9 Å². The van der Waals surface area contributed by atoms with Gasteiger partial charge in [0, 0.05) is 19.2 Å². The minimum absolute atomic E-state index is 0.0474. The molecule has 0 saturated carbocycles. The number of ether oxygens (including phenoxy) is 2. The molecular formula is C27H35FN2O4. The van der Waals surface area contributed by atoms with E-state index in [1.54, 1.807) is 20.3 Å². The van der Waals surface area contributed by atoms with Gasteiger partial charge in [-0.2, -0.15) is 0 Å². The Morgan fingerprint density at radius 2 is 1.68 bits per heavy atom. The first-order chi connectivity index (χ1) is 16.3. The van der Waals surface area contributed by atoms with Crippen molar-refractivity contribution >= 4 is 11.8 Å². The van der Waals surface area contributed by atoms with Crippen molar-refractivity contribution in [2.75, 3.05) is 27.3 Å². The van der Waals surface area contributed by atoms with Crippen LogP contribution >= 0.6 is 0 Å². The van der Waals surface area contributed by atoms with E-state index in [9.17, 15) is 14.0 Å². The van der Waals surface area contributed by atoms with E-state index in [-0.39, 0.29) is 17.4 Å². The van der Waals surface area contributed by atoms with Gasteiger partial charge in [-0.25, -0.2) is 4.39 Å². The molecule has 6 nitrogen and oxygen atoms in total. The van der Waals surface area contributed by atoms with Crippen LogP contribution in [0.1, 0.15) is 49.0 Å². The number of amides is 2. The maximum absolute atomic E-state index is 14.0. The van der Waals surface area contributed by atoms with E-state index in [0.717, 1.165) is 37.2 Å². The van der Waals surface area contributed by atoms with Crippen molar-refractivity contribution in [1.82, 2.24) is 10.2 Å². The standard InChI is InChI=1S/C27H35FN2O4/c1-18(2)25(29-26(31)23-7-5-6-8-24(23)28)27(32)30-13-11-19(12-14-30)9-10-20-15-21(33-3)17-22(16-20)34-4/h5-8,15-19,25H,9-14H2,1-4H3,(H,29,31)/t25-/m0/s1. The fourth-order valence-electron chi connectivity index (χ4n) is 4.40. The molecule has 0 aliphatic carbocycles. The molecule has 0 unspecified atom stereocenters. The van der Waals surface area contributed by atoms with Gasteiger partial charge in [-0.05, 0) is 67.3 Å². The molecule has 0 aromatic heterocycles. The molecule has 1 aliphatic heterocycles. The van der Waals surface area contributed by atoms with Crippen LogP contribution in [0.3, 0.4) is 0 Å². The molecule has 34 heavy (non-hydrogen) atoms. The first kappa shape index (κ1) is 25.5. The van der Waals surface area contributed by atoms with E-state index < -0.39 is 17.8 Å². The Hall–Kier alpha value is -3.09. The van der Waals surface area contributed by atoms with Crippen LogP contribution in [-0.2, 0) is 11.2 Å². The Kier molecular flexibility index (Phi) is 8.91. The number of carbonyl (C=O) groups excluding carboxylic acids is 2. The molecule has 1 aliphatic rings. The van der Waals surface area contributed by atoms with Gasteiger partial charge >= 0.3 is 0 Å². The quantitative estimate of drug-likeness (QED) is 0.587. The first-order valence-electron chi connectivity index (χ1n) is 11.9. The van der Waals surface area contributed by atoms with Crippen molar-refractivity contribution in [3.8, 4) is 11.5 Å². The van der Waals surface area contributed by atoms with E-state index in [2.05, 4.69) is 5.32 Å². The number of nitrogens with one attached hydrogen (secondary N) is 1. The lowest BCUT2D eigenvalue weighted by molar-refractivity contribution is -0.135. The monoisotopic (exact) mass is 470 g/mol. The summed E-state index contributed by atoms with van der Waals surface area (Å²) in [5.74, 6) is 0.725. The van der Waals surface area contributed by atoms with Crippen molar-refractivity contribution in [2.45, 2.75) is 45.6 Å². The van der Waals surface area contributed by atoms with Gasteiger partial charge in [0.15, 0.2) is 0 Å². The number of carbonyl (C=O) groups is 2. The van der Waals surface area contributed by atoms with Crippen LogP contribution in [-0.4, -0.2) is 50.1 Å². The number of nitrogens with zero attached hydrogens (tertiary/aromatic N) is 1. The van der Waals surface area contributed by atoms with Crippen molar-refractivity contribution in [3.05, 3.63) is 59.4 Å². The summed E-state index contributed by atoms with van der Waals surface area (Å²) in [5, 5.41) is 2.76. The van der Waals surface area contributed by atoms with Gasteiger partial charge in [-0.15, -0.1) is 0 Å². The van der Waals surface area contributed by atoms with Crippen LogP contribution in [0, 0.1) is 17.7 Å². The smallest absolute Gasteiger partial charge is 0.254 e. The zero-order valence-electron chi connectivity index (χ0n) is 20.5. The molecule has 3 rings (SSSR count). The Morgan fingerprint density at radius 1 is 1.06 bits per heavy atom. The lowest BCUT2D eigenvalue weighted by atomic mass is 9.89. The Morgan fingerprint density at radius 3 is 2.24 bits per heavy atom. The van der Waals surface area contributed by atoms with Crippen LogP contribution < -0.4 is 14.8 Å². The summed E-state index contributed by atoms with van der Waals surface area (Å²) in [6.07, 6.45) is 3.77. The number of hydrogen-bond donors (Lipinski definition) is 1. The minimum Gasteiger partial charge on any atom is -0.497 e. The maximum Gasteiger partial charge on any atom is 0.254 e. The highest BCUT2D eigenvalue weighted by Gasteiger charge is 2.31. The zero-order valence-corrected chi connectivity index (χ0v) is 20.5. The van der Waals surface area contributed by atoms with Gasteiger partial charge in [0.25, 0.3) is 5.91 Å². The molecule has 1 atom stereocenters. The van der Waals surface area contributed by atoms with E-state index in [0.29, 0.717) is 19.0 Å². The first-order valence-corrected chi connectivity index (χ1v) is 11.9. The molecular weight excluding hydrogens is 435 g/mol. The van der Waals surface area contributed by atoms with Gasteiger partial charge in [-0.1, -0.05) is 26.0 Å². The molecule has 7 heteroatoms. The average Bonchev–Trinajstić information content (AvgIpc) is 2.85. The summed E-state index contributed by atoms with van der Waals surface area (Å²) < 4.78 is 24.7. The molecule has 2 aromatic rings. The van der Waals surface area contributed by atoms with Crippen LogP contribution in [0.2, 0.25) is 0 Å². The summed E-state index contributed by atoms with van der Waals surface area (Å²) >= 11 is 0. The van der Waals surface area contributed by atoms with Crippen LogP contribution in [0.25, 0.3) is 0 Å². The van der Waals surface area contributed by atoms with Crippen molar-refractivity contribution in [1.29, 1.82) is 0 Å². The minimum atomic E-state index is -0.687. The molecule has 0 spiro atoms. The highest BCUT2D eigenvalue weighted by atomic mass is 19.1. The van der Waals surface area contributed by atoms with Crippen molar-refractivity contribution in [3.63, 3.8) is 0 Å². The Bertz CT molecular complexity index is 964. The number of benzene rings is 2. The number of likely N-dealkylation sites (tertiary alicyclic amines) is 1. The third-order valence-corrected chi connectivity index (χ3v) is 6.52. The topological polar surface area (TPSA) is 67.9 Å². The van der Waals surface area contributed by atoms with E-state index in [1.165, 1.54) is 23.8 Å². The lowest BCUT2D eigenvalue weighted by Crippen LogP contribution is -2.53. The molecule has 1 fully saturated rings. The summed E-state index contributed by atoms with van der Waals surface area (Å²) in [7, 11) is 3.29.